The van der Waals surface area contributed by atoms with Crippen LogP contribution in [0.4, 0.5) is 0 Å². The fourth-order valence-electron chi connectivity index (χ4n) is 4.50. The number of amides is 1. The molecule has 7 nitrogen and oxygen atoms in total. The maximum absolute atomic E-state index is 13.2. The second-order valence-electron chi connectivity index (χ2n) is 8.60. The Hall–Kier alpha value is -3.97. The smallest absolute Gasteiger partial charge is 0.295 e. The summed E-state index contributed by atoms with van der Waals surface area (Å²) in [7, 11) is 0. The molecule has 0 bridgehead atoms. The van der Waals surface area contributed by atoms with Crippen molar-refractivity contribution in [2.75, 3.05) is 26.2 Å². The highest BCUT2D eigenvalue weighted by Gasteiger charge is 2.45. The zero-order valence-electron chi connectivity index (χ0n) is 20.6. The molecule has 2 heterocycles. The van der Waals surface area contributed by atoms with Crippen LogP contribution in [0, 0.1) is 0 Å². The van der Waals surface area contributed by atoms with E-state index < -0.39 is 17.7 Å². The fourth-order valence-corrected chi connectivity index (χ4v) is 4.50. The van der Waals surface area contributed by atoms with Crippen molar-refractivity contribution >= 4 is 17.4 Å². The normalized spacial score (nSPS) is 17.1. The highest BCUT2D eigenvalue weighted by atomic mass is 16.5. The number of para-hydroxylation sites is 1. The van der Waals surface area contributed by atoms with Gasteiger partial charge < -0.3 is 19.6 Å². The number of aromatic nitrogens is 1. The van der Waals surface area contributed by atoms with Crippen LogP contribution in [-0.4, -0.2) is 57.8 Å². The van der Waals surface area contributed by atoms with Gasteiger partial charge in [-0.25, -0.2) is 0 Å². The highest BCUT2D eigenvalue weighted by Crippen LogP contribution is 2.40. The van der Waals surface area contributed by atoms with E-state index in [0.717, 1.165) is 19.6 Å². The summed E-state index contributed by atoms with van der Waals surface area (Å²) < 4.78 is 6.01. The van der Waals surface area contributed by atoms with Crippen molar-refractivity contribution in [2.24, 2.45) is 0 Å². The first-order valence-corrected chi connectivity index (χ1v) is 12.3. The molecule has 1 aromatic heterocycles. The largest absolute Gasteiger partial charge is 0.507 e. The fraction of sp³-hybridized carbons (Fsp3) is 0.276. The van der Waals surface area contributed by atoms with E-state index >= 15 is 0 Å². The number of carbonyl (C=O) groups is 2. The third-order valence-electron chi connectivity index (χ3n) is 6.41. The average molecular weight is 486 g/mol. The number of carbonyl (C=O) groups excluding carboxylic acids is 2. The minimum Gasteiger partial charge on any atom is -0.507 e. The number of pyridine rings is 1. The molecule has 2 aromatic carbocycles. The second kappa shape index (κ2) is 11.6. The lowest BCUT2D eigenvalue weighted by atomic mass is 9.95. The molecule has 1 N–H and O–H groups in total. The van der Waals surface area contributed by atoms with E-state index in [4.69, 9.17) is 4.74 Å². The van der Waals surface area contributed by atoms with E-state index in [9.17, 15) is 14.7 Å². The van der Waals surface area contributed by atoms with Gasteiger partial charge in [-0.3, -0.25) is 14.6 Å². The summed E-state index contributed by atoms with van der Waals surface area (Å²) in [5.74, 6) is -0.242. The Labute approximate surface area is 211 Å². The van der Waals surface area contributed by atoms with Crippen LogP contribution in [0.5, 0.6) is 11.5 Å². The van der Waals surface area contributed by atoms with Crippen molar-refractivity contribution in [3.8, 4) is 11.5 Å². The number of hydrogen-bond donors (Lipinski definition) is 1. The lowest BCUT2D eigenvalue weighted by Gasteiger charge is -2.27. The number of ketones is 1. The molecule has 0 saturated carbocycles. The van der Waals surface area contributed by atoms with E-state index in [1.165, 1.54) is 0 Å². The summed E-state index contributed by atoms with van der Waals surface area (Å²) in [6, 6.07) is 19.2. The molecule has 4 rings (SSSR count). The van der Waals surface area contributed by atoms with E-state index in [1.807, 2.05) is 54.6 Å². The molecule has 1 unspecified atom stereocenters. The third-order valence-corrected chi connectivity index (χ3v) is 6.41. The van der Waals surface area contributed by atoms with Crippen LogP contribution in [-0.2, 0) is 9.59 Å². The summed E-state index contributed by atoms with van der Waals surface area (Å²) in [6.07, 6.45) is 3.79. The number of aliphatic hydroxyl groups is 1. The van der Waals surface area contributed by atoms with Crippen molar-refractivity contribution in [1.29, 1.82) is 0 Å². The summed E-state index contributed by atoms with van der Waals surface area (Å²) >= 11 is 0. The molecular weight excluding hydrogens is 454 g/mol. The first-order valence-electron chi connectivity index (χ1n) is 12.3. The number of rotatable bonds is 10. The van der Waals surface area contributed by atoms with Crippen LogP contribution >= 0.6 is 0 Å². The summed E-state index contributed by atoms with van der Waals surface area (Å²) in [5, 5.41) is 11.2. The number of hydrogen-bond acceptors (Lipinski definition) is 6. The molecule has 1 amide bonds. The predicted molar refractivity (Wildman–Crippen MR) is 139 cm³/mol. The lowest BCUT2D eigenvalue weighted by molar-refractivity contribution is -0.140. The topological polar surface area (TPSA) is 83.0 Å². The number of nitrogens with zero attached hydrogens (tertiary/aromatic N) is 3. The Morgan fingerprint density at radius 3 is 2.36 bits per heavy atom. The first kappa shape index (κ1) is 25.1. The van der Waals surface area contributed by atoms with Crippen molar-refractivity contribution < 1.29 is 19.4 Å². The van der Waals surface area contributed by atoms with Gasteiger partial charge in [0.05, 0.1) is 11.6 Å². The first-order chi connectivity index (χ1) is 17.5. The van der Waals surface area contributed by atoms with Crippen molar-refractivity contribution in [2.45, 2.75) is 26.3 Å². The monoisotopic (exact) mass is 485 g/mol. The van der Waals surface area contributed by atoms with Gasteiger partial charge in [-0.1, -0.05) is 44.2 Å². The van der Waals surface area contributed by atoms with Gasteiger partial charge in [0, 0.05) is 24.5 Å². The Balaban J connectivity index is 1.72. The molecule has 186 valence electrons. The molecule has 36 heavy (non-hydrogen) atoms. The van der Waals surface area contributed by atoms with Crippen LogP contribution < -0.4 is 4.74 Å². The Bertz CT molecular complexity index is 1220. The standard InChI is InChI=1S/C29H31N3O4/c1-3-31(4-2)18-9-19-32-26(22-10-8-13-24(20-22)36-23-11-6-5-7-12-23)25(28(34)29(32)35)27(33)21-14-16-30-17-15-21/h5-8,10-17,20,26,33H,3-4,9,18-19H2,1-2H3. The molecule has 7 heteroatoms. The molecule has 0 spiro atoms. The minimum atomic E-state index is -0.728. The van der Waals surface area contributed by atoms with Crippen LogP contribution in [0.3, 0.4) is 0 Å². The van der Waals surface area contributed by atoms with Gasteiger partial charge in [0.25, 0.3) is 11.7 Å². The van der Waals surface area contributed by atoms with Gasteiger partial charge >= 0.3 is 0 Å². The number of likely N-dealkylation sites (tertiary alicyclic amines) is 1. The van der Waals surface area contributed by atoms with Crippen LogP contribution in [0.15, 0.2) is 84.7 Å². The molecule has 1 fully saturated rings. The van der Waals surface area contributed by atoms with Gasteiger partial charge in [-0.05, 0) is 68.0 Å². The van der Waals surface area contributed by atoms with Gasteiger partial charge in [0.2, 0.25) is 0 Å². The number of benzene rings is 2. The summed E-state index contributed by atoms with van der Waals surface area (Å²) in [5.41, 5.74) is 1.21. The van der Waals surface area contributed by atoms with E-state index in [1.54, 1.807) is 29.4 Å². The molecule has 1 aliphatic heterocycles. The molecule has 3 aromatic rings. The van der Waals surface area contributed by atoms with Gasteiger partial charge in [-0.15, -0.1) is 0 Å². The van der Waals surface area contributed by atoms with Gasteiger partial charge in [0.15, 0.2) is 0 Å². The Kier molecular flexibility index (Phi) is 8.13. The van der Waals surface area contributed by atoms with Crippen LogP contribution in [0.1, 0.15) is 37.4 Å². The van der Waals surface area contributed by atoms with Gasteiger partial charge in [0.1, 0.15) is 17.3 Å². The maximum atomic E-state index is 13.2. The average Bonchev–Trinajstić information content (AvgIpc) is 3.17. The van der Waals surface area contributed by atoms with Crippen molar-refractivity contribution in [3.05, 3.63) is 95.8 Å². The SMILES string of the molecule is CCN(CC)CCCN1C(=O)C(=O)C(=C(O)c2ccncc2)C1c1cccc(Oc2ccccc2)c1. The highest BCUT2D eigenvalue weighted by molar-refractivity contribution is 6.46. The third kappa shape index (κ3) is 5.47. The Morgan fingerprint density at radius 2 is 1.67 bits per heavy atom. The summed E-state index contributed by atoms with van der Waals surface area (Å²) in [4.78, 5) is 34.3. The van der Waals surface area contributed by atoms with Crippen LogP contribution in [0.2, 0.25) is 0 Å². The quantitative estimate of drug-likeness (QED) is 0.246. The molecule has 0 radical (unpaired) electrons. The maximum Gasteiger partial charge on any atom is 0.295 e. The zero-order valence-corrected chi connectivity index (χ0v) is 20.6. The predicted octanol–water partition coefficient (Wildman–Crippen LogP) is 5.03. The zero-order chi connectivity index (χ0) is 25.5. The molecule has 0 aliphatic carbocycles. The van der Waals surface area contributed by atoms with E-state index in [2.05, 4.69) is 23.7 Å². The number of Topliss-reactive ketones (excluding diaryl/α,β-unsaturated/α-hetero) is 1. The van der Waals surface area contributed by atoms with Crippen molar-refractivity contribution in [3.63, 3.8) is 0 Å². The van der Waals surface area contributed by atoms with Crippen molar-refractivity contribution in [1.82, 2.24) is 14.8 Å². The molecular formula is C29H31N3O4. The lowest BCUT2D eigenvalue weighted by Crippen LogP contribution is -2.33. The number of aliphatic hydroxyl groups excluding tert-OH is 1. The minimum absolute atomic E-state index is 0.0749. The molecule has 1 atom stereocenters. The molecule has 1 saturated heterocycles. The van der Waals surface area contributed by atoms with E-state index in [0.29, 0.717) is 35.6 Å². The molecule has 1 aliphatic rings. The van der Waals surface area contributed by atoms with E-state index in [-0.39, 0.29) is 11.3 Å². The second-order valence-corrected chi connectivity index (χ2v) is 8.60. The number of ether oxygens (including phenoxy) is 1. The summed E-state index contributed by atoms with van der Waals surface area (Å²) in [6.45, 7) is 7.23. The van der Waals surface area contributed by atoms with Gasteiger partial charge in [-0.2, -0.15) is 0 Å². The van der Waals surface area contributed by atoms with Crippen LogP contribution in [0.25, 0.3) is 5.76 Å². The Morgan fingerprint density at radius 1 is 0.972 bits per heavy atom.